The van der Waals surface area contributed by atoms with Gasteiger partial charge in [-0.3, -0.25) is 0 Å². The van der Waals surface area contributed by atoms with Crippen LogP contribution in [0.1, 0.15) is 63.7 Å². The minimum atomic E-state index is 0.431. The van der Waals surface area contributed by atoms with Crippen LogP contribution >= 0.6 is 0 Å². The molecular formula is C17H29NO2. The summed E-state index contributed by atoms with van der Waals surface area (Å²) in [4.78, 5) is 0. The predicted molar refractivity (Wildman–Crippen MR) is 81.5 cm³/mol. The fraction of sp³-hybridized carbons (Fsp3) is 0.765. The van der Waals surface area contributed by atoms with Gasteiger partial charge in [0.15, 0.2) is 0 Å². The second-order valence-corrected chi connectivity index (χ2v) is 5.97. The van der Waals surface area contributed by atoms with Crippen molar-refractivity contribution in [3.63, 3.8) is 0 Å². The average molecular weight is 279 g/mol. The molecule has 114 valence electrons. The SMILES string of the molecule is CCCNCc1coc(COC2CCCC(CC)C2)c1. The lowest BCUT2D eigenvalue weighted by molar-refractivity contribution is -0.00533. The molecule has 2 atom stereocenters. The van der Waals surface area contributed by atoms with Gasteiger partial charge >= 0.3 is 0 Å². The Morgan fingerprint density at radius 3 is 3.05 bits per heavy atom. The lowest BCUT2D eigenvalue weighted by Crippen LogP contribution is -2.22. The van der Waals surface area contributed by atoms with Crippen LogP contribution in [0.5, 0.6) is 0 Å². The molecule has 0 spiro atoms. The Kier molecular flexibility index (Phi) is 6.61. The van der Waals surface area contributed by atoms with E-state index in [1.165, 1.54) is 37.7 Å². The van der Waals surface area contributed by atoms with Gasteiger partial charge in [0.2, 0.25) is 0 Å². The normalized spacial score (nSPS) is 23.1. The molecule has 0 amide bonds. The zero-order valence-corrected chi connectivity index (χ0v) is 13.0. The first-order valence-electron chi connectivity index (χ1n) is 8.20. The average Bonchev–Trinajstić information content (AvgIpc) is 2.94. The maximum atomic E-state index is 6.03. The van der Waals surface area contributed by atoms with Gasteiger partial charge in [0.1, 0.15) is 12.4 Å². The summed E-state index contributed by atoms with van der Waals surface area (Å²) in [5.41, 5.74) is 1.21. The lowest BCUT2D eigenvalue weighted by atomic mass is 9.85. The van der Waals surface area contributed by atoms with Crippen molar-refractivity contribution in [2.75, 3.05) is 6.54 Å². The molecule has 0 aliphatic heterocycles. The molecule has 20 heavy (non-hydrogen) atoms. The van der Waals surface area contributed by atoms with E-state index >= 15 is 0 Å². The molecule has 0 saturated heterocycles. The maximum Gasteiger partial charge on any atom is 0.129 e. The topological polar surface area (TPSA) is 34.4 Å². The van der Waals surface area contributed by atoms with E-state index in [4.69, 9.17) is 9.15 Å². The Morgan fingerprint density at radius 2 is 2.25 bits per heavy atom. The van der Waals surface area contributed by atoms with Gasteiger partial charge in [0.25, 0.3) is 0 Å². The zero-order chi connectivity index (χ0) is 14.2. The van der Waals surface area contributed by atoms with Crippen LogP contribution in [0.25, 0.3) is 0 Å². The standard InChI is InChI=1S/C17H29NO2/c1-3-8-18-11-15-10-17(19-12-15)13-20-16-7-5-6-14(4-2)9-16/h10,12,14,16,18H,3-9,11,13H2,1-2H3. The molecule has 1 fully saturated rings. The summed E-state index contributed by atoms with van der Waals surface area (Å²) in [5.74, 6) is 1.82. The molecule has 0 aromatic carbocycles. The fourth-order valence-electron chi connectivity index (χ4n) is 2.97. The molecule has 1 saturated carbocycles. The third-order valence-electron chi connectivity index (χ3n) is 4.24. The molecule has 1 N–H and O–H groups in total. The molecule has 1 aliphatic rings. The van der Waals surface area contributed by atoms with Crippen molar-refractivity contribution in [1.29, 1.82) is 0 Å². The van der Waals surface area contributed by atoms with Crippen molar-refractivity contribution in [3.05, 3.63) is 23.7 Å². The van der Waals surface area contributed by atoms with Gasteiger partial charge in [-0.1, -0.05) is 33.1 Å². The number of nitrogens with one attached hydrogen (secondary N) is 1. The first-order chi connectivity index (χ1) is 9.81. The van der Waals surface area contributed by atoms with Crippen LogP contribution in [0.4, 0.5) is 0 Å². The highest BCUT2D eigenvalue weighted by Crippen LogP contribution is 2.29. The lowest BCUT2D eigenvalue weighted by Gasteiger charge is -2.28. The number of rotatable bonds is 8. The summed E-state index contributed by atoms with van der Waals surface area (Å²) in [6.07, 6.45) is 9.85. The van der Waals surface area contributed by atoms with Crippen molar-refractivity contribution in [2.24, 2.45) is 5.92 Å². The van der Waals surface area contributed by atoms with Crippen LogP contribution in [0, 0.1) is 5.92 Å². The molecular weight excluding hydrogens is 250 g/mol. The Morgan fingerprint density at radius 1 is 1.35 bits per heavy atom. The minimum absolute atomic E-state index is 0.431. The number of hydrogen-bond acceptors (Lipinski definition) is 3. The maximum absolute atomic E-state index is 6.03. The zero-order valence-electron chi connectivity index (χ0n) is 13.0. The summed E-state index contributed by atoms with van der Waals surface area (Å²) in [6, 6.07) is 2.11. The summed E-state index contributed by atoms with van der Waals surface area (Å²) in [7, 11) is 0. The minimum Gasteiger partial charge on any atom is -0.467 e. The molecule has 1 aliphatic carbocycles. The molecule has 3 heteroatoms. The van der Waals surface area contributed by atoms with Crippen LogP contribution in [-0.2, 0) is 17.9 Å². The quantitative estimate of drug-likeness (QED) is 0.722. The van der Waals surface area contributed by atoms with E-state index in [1.807, 2.05) is 6.26 Å². The van der Waals surface area contributed by atoms with Gasteiger partial charge < -0.3 is 14.5 Å². The molecule has 1 aromatic heterocycles. The van der Waals surface area contributed by atoms with Crippen LogP contribution in [0.2, 0.25) is 0 Å². The summed E-state index contributed by atoms with van der Waals surface area (Å²) in [6.45, 7) is 7.02. The van der Waals surface area contributed by atoms with Gasteiger partial charge in [-0.2, -0.15) is 0 Å². The van der Waals surface area contributed by atoms with E-state index in [9.17, 15) is 0 Å². The van der Waals surface area contributed by atoms with Gasteiger partial charge in [-0.05, 0) is 37.8 Å². The monoisotopic (exact) mass is 279 g/mol. The van der Waals surface area contributed by atoms with Crippen LogP contribution in [-0.4, -0.2) is 12.6 Å². The number of hydrogen-bond donors (Lipinski definition) is 1. The Balaban J connectivity index is 1.70. The molecule has 1 heterocycles. The van der Waals surface area contributed by atoms with E-state index in [0.29, 0.717) is 12.7 Å². The molecule has 0 bridgehead atoms. The summed E-state index contributed by atoms with van der Waals surface area (Å²) >= 11 is 0. The van der Waals surface area contributed by atoms with Gasteiger partial charge in [-0.25, -0.2) is 0 Å². The third kappa shape index (κ3) is 4.95. The fourth-order valence-corrected chi connectivity index (χ4v) is 2.97. The second kappa shape index (κ2) is 8.48. The predicted octanol–water partition coefficient (Wildman–Crippen LogP) is 4.26. The third-order valence-corrected chi connectivity index (χ3v) is 4.24. The first kappa shape index (κ1) is 15.6. The second-order valence-electron chi connectivity index (χ2n) is 5.97. The van der Waals surface area contributed by atoms with E-state index < -0.39 is 0 Å². The molecule has 2 rings (SSSR count). The van der Waals surface area contributed by atoms with Gasteiger partial charge in [0.05, 0.1) is 12.4 Å². The Bertz CT molecular complexity index is 375. The molecule has 1 aromatic rings. The van der Waals surface area contributed by atoms with Crippen molar-refractivity contribution < 1.29 is 9.15 Å². The highest BCUT2D eigenvalue weighted by molar-refractivity contribution is 5.12. The van der Waals surface area contributed by atoms with E-state index in [0.717, 1.165) is 31.2 Å². The highest BCUT2D eigenvalue weighted by atomic mass is 16.5. The number of ether oxygens (including phenoxy) is 1. The van der Waals surface area contributed by atoms with E-state index in [2.05, 4.69) is 25.2 Å². The van der Waals surface area contributed by atoms with Crippen molar-refractivity contribution in [3.8, 4) is 0 Å². The van der Waals surface area contributed by atoms with Gasteiger partial charge in [0, 0.05) is 12.1 Å². The molecule has 3 nitrogen and oxygen atoms in total. The van der Waals surface area contributed by atoms with Crippen LogP contribution in [0.15, 0.2) is 16.7 Å². The van der Waals surface area contributed by atoms with Gasteiger partial charge in [-0.15, -0.1) is 0 Å². The Hall–Kier alpha value is -0.800. The van der Waals surface area contributed by atoms with Crippen LogP contribution in [0.3, 0.4) is 0 Å². The number of furan rings is 1. The Labute approximate surface area is 123 Å². The van der Waals surface area contributed by atoms with E-state index in [-0.39, 0.29) is 0 Å². The van der Waals surface area contributed by atoms with Crippen molar-refractivity contribution in [2.45, 2.75) is 71.6 Å². The summed E-state index contributed by atoms with van der Waals surface area (Å²) in [5, 5.41) is 3.38. The van der Waals surface area contributed by atoms with Crippen molar-refractivity contribution in [1.82, 2.24) is 5.32 Å². The molecule has 0 radical (unpaired) electrons. The first-order valence-corrected chi connectivity index (χ1v) is 8.20. The summed E-state index contributed by atoms with van der Waals surface area (Å²) < 4.78 is 11.6. The molecule has 2 unspecified atom stereocenters. The highest BCUT2D eigenvalue weighted by Gasteiger charge is 2.21. The van der Waals surface area contributed by atoms with Crippen molar-refractivity contribution >= 4 is 0 Å². The van der Waals surface area contributed by atoms with E-state index in [1.54, 1.807) is 0 Å². The smallest absolute Gasteiger partial charge is 0.129 e. The van der Waals surface area contributed by atoms with Crippen LogP contribution < -0.4 is 5.32 Å². The largest absolute Gasteiger partial charge is 0.467 e.